The standard InChI is InChI=1S/C13H7Cl4N/c14-9-4-10(15)6-11(5-9)18-7-8-1-2-12(16)13(17)3-8/h1-7H. The number of hydrogen-bond donors (Lipinski definition) is 0. The lowest BCUT2D eigenvalue weighted by Crippen LogP contribution is -1.81. The highest BCUT2D eigenvalue weighted by Crippen LogP contribution is 2.25. The van der Waals surface area contributed by atoms with Crippen molar-refractivity contribution in [2.75, 3.05) is 0 Å². The second-order valence-electron chi connectivity index (χ2n) is 3.56. The Morgan fingerprint density at radius 1 is 0.778 bits per heavy atom. The van der Waals surface area contributed by atoms with Crippen molar-refractivity contribution >= 4 is 58.3 Å². The third-order valence-corrected chi connectivity index (χ3v) is 3.33. The van der Waals surface area contributed by atoms with Crippen LogP contribution in [0.25, 0.3) is 0 Å². The van der Waals surface area contributed by atoms with Crippen LogP contribution in [-0.2, 0) is 0 Å². The van der Waals surface area contributed by atoms with Crippen LogP contribution in [0.15, 0.2) is 41.4 Å². The Hall–Kier alpha value is -0.730. The van der Waals surface area contributed by atoms with Gasteiger partial charge in [0, 0.05) is 16.3 Å². The van der Waals surface area contributed by atoms with Crippen molar-refractivity contribution in [2.45, 2.75) is 0 Å². The fourth-order valence-electron chi connectivity index (χ4n) is 1.36. The molecular weight excluding hydrogens is 312 g/mol. The molecule has 0 aliphatic heterocycles. The zero-order valence-corrected chi connectivity index (χ0v) is 12.0. The Bertz CT molecular complexity index is 588. The molecule has 0 N–H and O–H groups in total. The van der Waals surface area contributed by atoms with E-state index in [0.717, 1.165) is 5.56 Å². The molecule has 0 radical (unpaired) electrons. The first-order chi connectivity index (χ1) is 8.54. The van der Waals surface area contributed by atoms with Crippen LogP contribution in [-0.4, -0.2) is 6.21 Å². The van der Waals surface area contributed by atoms with Gasteiger partial charge in [0.05, 0.1) is 15.7 Å². The zero-order chi connectivity index (χ0) is 13.1. The van der Waals surface area contributed by atoms with Gasteiger partial charge in [0.25, 0.3) is 0 Å². The first-order valence-corrected chi connectivity index (χ1v) is 6.51. The molecule has 0 aromatic heterocycles. The van der Waals surface area contributed by atoms with Gasteiger partial charge < -0.3 is 0 Å². The lowest BCUT2D eigenvalue weighted by Gasteiger charge is -1.99. The first kappa shape index (κ1) is 13.7. The molecule has 0 unspecified atom stereocenters. The van der Waals surface area contributed by atoms with Gasteiger partial charge in [-0.15, -0.1) is 0 Å². The zero-order valence-electron chi connectivity index (χ0n) is 9.00. The Kier molecular flexibility index (Phi) is 4.52. The summed E-state index contributed by atoms with van der Waals surface area (Å²) in [5, 5.41) is 2.09. The van der Waals surface area contributed by atoms with E-state index in [4.69, 9.17) is 46.4 Å². The van der Waals surface area contributed by atoms with Gasteiger partial charge in [0.2, 0.25) is 0 Å². The van der Waals surface area contributed by atoms with Crippen LogP contribution in [0.1, 0.15) is 5.56 Å². The average Bonchev–Trinajstić information content (AvgIpc) is 2.29. The minimum atomic E-state index is 0.491. The molecule has 0 saturated carbocycles. The molecule has 2 rings (SSSR count). The van der Waals surface area contributed by atoms with Crippen molar-refractivity contribution < 1.29 is 0 Å². The van der Waals surface area contributed by atoms with Crippen molar-refractivity contribution in [1.29, 1.82) is 0 Å². The second-order valence-corrected chi connectivity index (χ2v) is 5.25. The molecule has 5 heteroatoms. The third-order valence-electron chi connectivity index (χ3n) is 2.15. The highest BCUT2D eigenvalue weighted by molar-refractivity contribution is 6.42. The lowest BCUT2D eigenvalue weighted by molar-refractivity contribution is 1.52. The van der Waals surface area contributed by atoms with Gasteiger partial charge in [-0.05, 0) is 35.9 Å². The van der Waals surface area contributed by atoms with Crippen LogP contribution in [0.2, 0.25) is 20.1 Å². The van der Waals surface area contributed by atoms with E-state index < -0.39 is 0 Å². The Labute approximate surface area is 125 Å². The van der Waals surface area contributed by atoms with E-state index in [1.54, 1.807) is 36.5 Å². The summed E-state index contributed by atoms with van der Waals surface area (Å²) in [5.74, 6) is 0. The molecular formula is C13H7Cl4N. The summed E-state index contributed by atoms with van der Waals surface area (Å²) in [5.41, 5.74) is 1.53. The molecule has 0 fully saturated rings. The fourth-order valence-corrected chi connectivity index (χ4v) is 2.18. The molecule has 1 nitrogen and oxygen atoms in total. The van der Waals surface area contributed by atoms with E-state index in [9.17, 15) is 0 Å². The quantitative estimate of drug-likeness (QED) is 0.597. The number of halogens is 4. The van der Waals surface area contributed by atoms with Crippen molar-refractivity contribution in [2.24, 2.45) is 4.99 Å². The van der Waals surface area contributed by atoms with Gasteiger partial charge in [-0.1, -0.05) is 52.5 Å². The van der Waals surface area contributed by atoms with E-state index >= 15 is 0 Å². The number of nitrogens with zero attached hydrogens (tertiary/aromatic N) is 1. The molecule has 0 amide bonds. The average molecular weight is 319 g/mol. The van der Waals surface area contributed by atoms with E-state index in [2.05, 4.69) is 4.99 Å². The normalized spacial score (nSPS) is 11.1. The summed E-state index contributed by atoms with van der Waals surface area (Å²) in [6.45, 7) is 0. The van der Waals surface area contributed by atoms with Gasteiger partial charge in [-0.25, -0.2) is 0 Å². The minimum absolute atomic E-state index is 0.491. The maximum Gasteiger partial charge on any atom is 0.0659 e. The number of rotatable bonds is 2. The predicted octanol–water partition coefficient (Wildman–Crippen LogP) is 6.05. The molecule has 2 aromatic carbocycles. The highest BCUT2D eigenvalue weighted by Gasteiger charge is 1.98. The molecule has 0 aliphatic rings. The van der Waals surface area contributed by atoms with Crippen LogP contribution in [0.3, 0.4) is 0 Å². The molecule has 92 valence electrons. The molecule has 18 heavy (non-hydrogen) atoms. The SMILES string of the molecule is Clc1cc(Cl)cc(N=Cc2ccc(Cl)c(Cl)c2)c1. The topological polar surface area (TPSA) is 12.4 Å². The van der Waals surface area contributed by atoms with Crippen LogP contribution < -0.4 is 0 Å². The minimum Gasteiger partial charge on any atom is -0.256 e. The fraction of sp³-hybridized carbons (Fsp3) is 0. The molecule has 2 aromatic rings. The van der Waals surface area contributed by atoms with Gasteiger partial charge in [0.15, 0.2) is 0 Å². The van der Waals surface area contributed by atoms with Gasteiger partial charge in [-0.2, -0.15) is 0 Å². The summed E-state index contributed by atoms with van der Waals surface area (Å²) in [6, 6.07) is 10.4. The molecule has 0 atom stereocenters. The van der Waals surface area contributed by atoms with E-state index in [1.807, 2.05) is 6.07 Å². The largest absolute Gasteiger partial charge is 0.256 e. The predicted molar refractivity (Wildman–Crippen MR) is 80.2 cm³/mol. The van der Waals surface area contributed by atoms with E-state index in [-0.39, 0.29) is 0 Å². The Balaban J connectivity index is 2.27. The summed E-state index contributed by atoms with van der Waals surface area (Å²) >= 11 is 23.5. The van der Waals surface area contributed by atoms with E-state index in [0.29, 0.717) is 25.8 Å². The smallest absolute Gasteiger partial charge is 0.0659 e. The number of hydrogen-bond acceptors (Lipinski definition) is 1. The highest BCUT2D eigenvalue weighted by atomic mass is 35.5. The summed E-state index contributed by atoms with van der Waals surface area (Å²) in [4.78, 5) is 4.27. The molecule has 0 saturated heterocycles. The van der Waals surface area contributed by atoms with Gasteiger partial charge >= 0.3 is 0 Å². The number of aliphatic imine (C=N–C) groups is 1. The van der Waals surface area contributed by atoms with Crippen molar-refractivity contribution in [3.05, 3.63) is 62.1 Å². The van der Waals surface area contributed by atoms with Crippen molar-refractivity contribution in [3.8, 4) is 0 Å². The lowest BCUT2D eigenvalue weighted by atomic mass is 10.2. The van der Waals surface area contributed by atoms with Crippen molar-refractivity contribution in [1.82, 2.24) is 0 Å². The molecule has 0 bridgehead atoms. The van der Waals surface area contributed by atoms with Crippen molar-refractivity contribution in [3.63, 3.8) is 0 Å². The van der Waals surface area contributed by atoms with Crippen LogP contribution in [0.5, 0.6) is 0 Å². The second kappa shape index (κ2) is 5.94. The molecule has 0 spiro atoms. The summed E-state index contributed by atoms with van der Waals surface area (Å²) in [6.07, 6.45) is 1.67. The monoisotopic (exact) mass is 317 g/mol. The first-order valence-electron chi connectivity index (χ1n) is 5.00. The Morgan fingerprint density at radius 3 is 2.06 bits per heavy atom. The Morgan fingerprint density at radius 2 is 1.44 bits per heavy atom. The maximum atomic E-state index is 5.91. The van der Waals surface area contributed by atoms with Crippen LogP contribution >= 0.6 is 46.4 Å². The van der Waals surface area contributed by atoms with Crippen LogP contribution in [0, 0.1) is 0 Å². The molecule has 0 heterocycles. The van der Waals surface area contributed by atoms with Crippen LogP contribution in [0.4, 0.5) is 5.69 Å². The summed E-state index contributed by atoms with van der Waals surface area (Å²) in [7, 11) is 0. The summed E-state index contributed by atoms with van der Waals surface area (Å²) < 4.78 is 0. The maximum absolute atomic E-state index is 5.91. The third kappa shape index (κ3) is 3.63. The van der Waals surface area contributed by atoms with Gasteiger partial charge in [-0.3, -0.25) is 4.99 Å². The number of benzene rings is 2. The molecule has 0 aliphatic carbocycles. The van der Waals surface area contributed by atoms with E-state index in [1.165, 1.54) is 0 Å². The van der Waals surface area contributed by atoms with Gasteiger partial charge in [0.1, 0.15) is 0 Å².